The number of esters is 1. The summed E-state index contributed by atoms with van der Waals surface area (Å²) in [4.78, 5) is 13.8. The van der Waals surface area contributed by atoms with Gasteiger partial charge in [-0.3, -0.25) is 0 Å². The Labute approximate surface area is 131 Å². The number of carbonyl (C=O) groups excluding carboxylic acids is 1. The molecule has 1 aromatic rings. The average Bonchev–Trinajstić information content (AvgIpc) is 2.55. The zero-order chi connectivity index (χ0) is 15.4. The van der Waals surface area contributed by atoms with Crippen LogP contribution in [-0.4, -0.2) is 44.9 Å². The van der Waals surface area contributed by atoms with Crippen molar-refractivity contribution in [3.63, 3.8) is 0 Å². The first kappa shape index (κ1) is 15.2. The standard InChI is InChI=1S/C17H23NO4/c1-13(12-18-7-3-2-4-8-18)22-17(19)14-5-6-15-16(11-14)21-10-9-20-15/h5-6,11,13H,2-4,7-10,12H2,1H3/p+1/t13-/m0/s1. The summed E-state index contributed by atoms with van der Waals surface area (Å²) in [6.45, 7) is 6.29. The van der Waals surface area contributed by atoms with Crippen LogP contribution in [0.5, 0.6) is 11.5 Å². The molecule has 0 saturated carbocycles. The van der Waals surface area contributed by atoms with Crippen molar-refractivity contribution in [3.05, 3.63) is 23.8 Å². The van der Waals surface area contributed by atoms with Crippen LogP contribution in [0.15, 0.2) is 18.2 Å². The number of fused-ring (bicyclic) bond motifs is 1. The number of ether oxygens (including phenoxy) is 3. The Morgan fingerprint density at radius 1 is 1.18 bits per heavy atom. The molecule has 0 unspecified atom stereocenters. The van der Waals surface area contributed by atoms with Crippen LogP contribution in [-0.2, 0) is 4.74 Å². The van der Waals surface area contributed by atoms with Crippen LogP contribution in [0, 0.1) is 0 Å². The van der Waals surface area contributed by atoms with E-state index in [0.717, 1.165) is 6.54 Å². The summed E-state index contributed by atoms with van der Waals surface area (Å²) in [5.41, 5.74) is 0.518. The minimum Gasteiger partial charge on any atom is -0.486 e. The van der Waals surface area contributed by atoms with Crippen molar-refractivity contribution in [2.24, 2.45) is 0 Å². The maximum absolute atomic E-state index is 12.3. The van der Waals surface area contributed by atoms with Crippen LogP contribution < -0.4 is 14.4 Å². The van der Waals surface area contributed by atoms with E-state index in [4.69, 9.17) is 14.2 Å². The van der Waals surface area contributed by atoms with E-state index >= 15 is 0 Å². The van der Waals surface area contributed by atoms with E-state index in [1.807, 2.05) is 6.92 Å². The fourth-order valence-corrected chi connectivity index (χ4v) is 3.13. The van der Waals surface area contributed by atoms with E-state index in [-0.39, 0.29) is 12.1 Å². The Bertz CT molecular complexity index is 525. The van der Waals surface area contributed by atoms with Gasteiger partial charge in [-0.15, -0.1) is 0 Å². The van der Waals surface area contributed by atoms with Crippen molar-refractivity contribution >= 4 is 5.97 Å². The number of benzene rings is 1. The molecule has 0 aliphatic carbocycles. The van der Waals surface area contributed by atoms with Crippen LogP contribution in [0.3, 0.4) is 0 Å². The summed E-state index contributed by atoms with van der Waals surface area (Å²) in [6, 6.07) is 5.21. The van der Waals surface area contributed by atoms with Crippen LogP contribution in [0.25, 0.3) is 0 Å². The molecule has 2 aliphatic rings. The first-order chi connectivity index (χ1) is 10.7. The largest absolute Gasteiger partial charge is 0.486 e. The van der Waals surface area contributed by atoms with Gasteiger partial charge in [-0.1, -0.05) is 0 Å². The molecule has 1 aromatic carbocycles. The molecule has 1 saturated heterocycles. The fourth-order valence-electron chi connectivity index (χ4n) is 3.13. The summed E-state index contributed by atoms with van der Waals surface area (Å²) < 4.78 is 16.5. The van der Waals surface area contributed by atoms with Crippen LogP contribution in [0.1, 0.15) is 36.5 Å². The molecule has 5 heteroatoms. The molecule has 2 aliphatic heterocycles. The van der Waals surface area contributed by atoms with Gasteiger partial charge in [0.2, 0.25) is 0 Å². The molecular formula is C17H24NO4+. The van der Waals surface area contributed by atoms with E-state index in [0.29, 0.717) is 30.3 Å². The number of nitrogens with one attached hydrogen (secondary N) is 1. The highest BCUT2D eigenvalue weighted by molar-refractivity contribution is 5.90. The van der Waals surface area contributed by atoms with Gasteiger partial charge in [-0.25, -0.2) is 4.79 Å². The average molecular weight is 306 g/mol. The number of rotatable bonds is 4. The van der Waals surface area contributed by atoms with Gasteiger partial charge in [0.05, 0.1) is 18.7 Å². The van der Waals surface area contributed by atoms with Gasteiger partial charge in [0.1, 0.15) is 25.9 Å². The SMILES string of the molecule is C[C@@H](C[NH+]1CCCCC1)OC(=O)c1ccc2c(c1)OCCO2. The van der Waals surface area contributed by atoms with Crippen molar-refractivity contribution in [1.29, 1.82) is 0 Å². The van der Waals surface area contributed by atoms with Gasteiger partial charge >= 0.3 is 5.97 Å². The molecule has 1 N–H and O–H groups in total. The predicted molar refractivity (Wildman–Crippen MR) is 81.7 cm³/mol. The molecule has 22 heavy (non-hydrogen) atoms. The van der Waals surface area contributed by atoms with E-state index < -0.39 is 0 Å². The third kappa shape index (κ3) is 3.71. The summed E-state index contributed by atoms with van der Waals surface area (Å²) in [5.74, 6) is 1.02. The molecule has 1 fully saturated rings. The Hall–Kier alpha value is -1.75. The quantitative estimate of drug-likeness (QED) is 0.846. The second kappa shape index (κ2) is 7.01. The van der Waals surface area contributed by atoms with Crippen molar-refractivity contribution < 1.29 is 23.9 Å². The molecule has 5 nitrogen and oxygen atoms in total. The number of likely N-dealkylation sites (tertiary alicyclic amines) is 1. The van der Waals surface area contributed by atoms with Gasteiger partial charge in [-0.05, 0) is 44.4 Å². The van der Waals surface area contributed by atoms with Crippen LogP contribution in [0.4, 0.5) is 0 Å². The Morgan fingerprint density at radius 3 is 2.68 bits per heavy atom. The Balaban J connectivity index is 1.56. The normalized spacial score (nSPS) is 19.5. The Kier molecular flexibility index (Phi) is 4.83. The van der Waals surface area contributed by atoms with Gasteiger partial charge < -0.3 is 19.1 Å². The molecule has 3 rings (SSSR count). The first-order valence-electron chi connectivity index (χ1n) is 8.16. The van der Waals surface area contributed by atoms with E-state index in [1.54, 1.807) is 18.2 Å². The summed E-state index contributed by atoms with van der Waals surface area (Å²) in [5, 5.41) is 0. The molecule has 0 amide bonds. The number of hydrogen-bond acceptors (Lipinski definition) is 4. The van der Waals surface area contributed by atoms with Crippen molar-refractivity contribution in [2.75, 3.05) is 32.8 Å². The van der Waals surface area contributed by atoms with E-state index in [2.05, 4.69) is 0 Å². The van der Waals surface area contributed by atoms with Crippen LogP contribution in [0.2, 0.25) is 0 Å². The summed E-state index contributed by atoms with van der Waals surface area (Å²) in [6.07, 6.45) is 3.80. The molecule has 1 atom stereocenters. The maximum Gasteiger partial charge on any atom is 0.338 e. The smallest absolute Gasteiger partial charge is 0.338 e. The minimum absolute atomic E-state index is 0.0752. The van der Waals surface area contributed by atoms with Gasteiger partial charge in [0, 0.05) is 0 Å². The fraction of sp³-hybridized carbons (Fsp3) is 0.588. The zero-order valence-corrected chi connectivity index (χ0v) is 13.1. The number of piperidine rings is 1. The van der Waals surface area contributed by atoms with Gasteiger partial charge in [-0.2, -0.15) is 0 Å². The van der Waals surface area contributed by atoms with Crippen molar-refractivity contribution in [3.8, 4) is 11.5 Å². The Morgan fingerprint density at radius 2 is 1.91 bits per heavy atom. The lowest BCUT2D eigenvalue weighted by atomic mass is 10.1. The molecule has 0 bridgehead atoms. The highest BCUT2D eigenvalue weighted by atomic mass is 16.6. The molecule has 120 valence electrons. The van der Waals surface area contributed by atoms with Crippen molar-refractivity contribution in [2.45, 2.75) is 32.3 Å². The van der Waals surface area contributed by atoms with Crippen LogP contribution >= 0.6 is 0 Å². The predicted octanol–water partition coefficient (Wildman–Crippen LogP) is 1.07. The van der Waals surface area contributed by atoms with E-state index in [1.165, 1.54) is 37.3 Å². The number of carbonyl (C=O) groups is 1. The second-order valence-electron chi connectivity index (χ2n) is 6.09. The molecule has 2 heterocycles. The zero-order valence-electron chi connectivity index (χ0n) is 13.1. The summed E-state index contributed by atoms with van der Waals surface area (Å²) in [7, 11) is 0. The summed E-state index contributed by atoms with van der Waals surface area (Å²) >= 11 is 0. The highest BCUT2D eigenvalue weighted by Crippen LogP contribution is 2.30. The lowest BCUT2D eigenvalue weighted by Crippen LogP contribution is -3.13. The lowest BCUT2D eigenvalue weighted by molar-refractivity contribution is -0.907. The van der Waals surface area contributed by atoms with Crippen molar-refractivity contribution in [1.82, 2.24) is 0 Å². The third-order valence-corrected chi connectivity index (χ3v) is 4.22. The third-order valence-electron chi connectivity index (χ3n) is 4.22. The highest BCUT2D eigenvalue weighted by Gasteiger charge is 2.21. The first-order valence-corrected chi connectivity index (χ1v) is 8.16. The number of quaternary nitrogens is 1. The molecule has 0 aromatic heterocycles. The van der Waals surface area contributed by atoms with Gasteiger partial charge in [0.25, 0.3) is 0 Å². The number of hydrogen-bond donors (Lipinski definition) is 1. The monoisotopic (exact) mass is 306 g/mol. The molecular weight excluding hydrogens is 282 g/mol. The second-order valence-corrected chi connectivity index (χ2v) is 6.09. The minimum atomic E-state index is -0.291. The lowest BCUT2D eigenvalue weighted by Gasteiger charge is -2.26. The maximum atomic E-state index is 12.3. The van der Waals surface area contributed by atoms with Gasteiger partial charge in [0.15, 0.2) is 11.5 Å². The van der Waals surface area contributed by atoms with E-state index in [9.17, 15) is 4.79 Å². The molecule has 0 radical (unpaired) electrons. The molecule has 0 spiro atoms. The topological polar surface area (TPSA) is 49.2 Å².